The second kappa shape index (κ2) is 8.61. The molecule has 3 rings (SSSR count). The van der Waals surface area contributed by atoms with E-state index in [2.05, 4.69) is 31.9 Å². The molecule has 0 aliphatic rings. The zero-order chi connectivity index (χ0) is 20.3. The summed E-state index contributed by atoms with van der Waals surface area (Å²) < 4.78 is 7.85. The predicted molar refractivity (Wildman–Crippen MR) is 113 cm³/mol. The average molecular weight is 398 g/mol. The molecular formula is C22H27N3O2S. The van der Waals surface area contributed by atoms with E-state index < -0.39 is 0 Å². The summed E-state index contributed by atoms with van der Waals surface area (Å²) >= 11 is 1.46. The zero-order valence-corrected chi connectivity index (χ0v) is 18.0. The highest BCUT2D eigenvalue weighted by molar-refractivity contribution is 7.12. The van der Waals surface area contributed by atoms with E-state index in [4.69, 9.17) is 4.74 Å². The van der Waals surface area contributed by atoms with Crippen LogP contribution < -0.4 is 4.74 Å². The van der Waals surface area contributed by atoms with E-state index in [1.165, 1.54) is 22.5 Å². The van der Waals surface area contributed by atoms with Gasteiger partial charge in [-0.2, -0.15) is 5.10 Å². The molecule has 2 heterocycles. The van der Waals surface area contributed by atoms with Gasteiger partial charge in [-0.05, 0) is 62.4 Å². The Balaban J connectivity index is 1.62. The van der Waals surface area contributed by atoms with E-state index in [0.29, 0.717) is 13.2 Å². The van der Waals surface area contributed by atoms with Gasteiger partial charge in [-0.25, -0.2) is 0 Å². The van der Waals surface area contributed by atoms with E-state index in [9.17, 15) is 4.79 Å². The highest BCUT2D eigenvalue weighted by Crippen LogP contribution is 2.22. The molecule has 0 aliphatic heterocycles. The summed E-state index contributed by atoms with van der Waals surface area (Å²) in [7, 11) is 1.83. The van der Waals surface area contributed by atoms with Crippen LogP contribution in [0, 0.1) is 20.8 Å². The number of aryl methyl sites for hydroxylation is 3. The number of hydrogen-bond donors (Lipinski definition) is 0. The van der Waals surface area contributed by atoms with Gasteiger partial charge in [-0.3, -0.25) is 9.48 Å². The molecule has 28 heavy (non-hydrogen) atoms. The Bertz CT molecular complexity index is 954. The van der Waals surface area contributed by atoms with Crippen LogP contribution in [0.15, 0.2) is 35.8 Å². The summed E-state index contributed by atoms with van der Waals surface area (Å²) in [5.74, 6) is 0.878. The molecule has 3 aromatic rings. The smallest absolute Gasteiger partial charge is 0.263 e. The fourth-order valence-corrected chi connectivity index (χ4v) is 4.11. The number of carbonyl (C=O) groups excluding carboxylic acids is 1. The van der Waals surface area contributed by atoms with Crippen LogP contribution in [0.3, 0.4) is 0 Å². The van der Waals surface area contributed by atoms with Gasteiger partial charge in [0.05, 0.1) is 11.1 Å². The summed E-state index contributed by atoms with van der Waals surface area (Å²) in [4.78, 5) is 15.2. The quantitative estimate of drug-likeness (QED) is 0.578. The van der Waals surface area contributed by atoms with Crippen molar-refractivity contribution in [2.24, 2.45) is 0 Å². The first-order valence-corrected chi connectivity index (χ1v) is 10.3. The zero-order valence-electron chi connectivity index (χ0n) is 17.2. The third kappa shape index (κ3) is 4.62. The minimum absolute atomic E-state index is 0.0197. The van der Waals surface area contributed by atoms with Crippen molar-refractivity contribution >= 4 is 17.2 Å². The van der Waals surface area contributed by atoms with E-state index in [1.807, 2.05) is 48.4 Å². The Morgan fingerprint density at radius 2 is 1.89 bits per heavy atom. The Hall–Kier alpha value is -2.60. The van der Waals surface area contributed by atoms with Crippen molar-refractivity contribution in [2.75, 3.05) is 7.05 Å². The lowest BCUT2D eigenvalue weighted by Crippen LogP contribution is -2.25. The number of rotatable bonds is 7. The van der Waals surface area contributed by atoms with Gasteiger partial charge in [0.2, 0.25) is 0 Å². The van der Waals surface area contributed by atoms with Crippen LogP contribution in [0.4, 0.5) is 0 Å². The first-order chi connectivity index (χ1) is 13.4. The average Bonchev–Trinajstić information content (AvgIpc) is 3.26. The second-order valence-electron chi connectivity index (χ2n) is 7.16. The van der Waals surface area contributed by atoms with Crippen LogP contribution >= 0.6 is 11.3 Å². The van der Waals surface area contributed by atoms with Crippen molar-refractivity contribution in [3.8, 4) is 5.75 Å². The van der Waals surface area contributed by atoms with Gasteiger partial charge in [0.25, 0.3) is 5.91 Å². The highest BCUT2D eigenvalue weighted by atomic mass is 32.1. The SMILES string of the molecule is CCn1ncc(CN(C)C(=O)c2cc(COc3cc(C)cc(C)c3)cs2)c1C. The van der Waals surface area contributed by atoms with Crippen molar-refractivity contribution in [3.63, 3.8) is 0 Å². The second-order valence-corrected chi connectivity index (χ2v) is 8.07. The molecule has 0 saturated heterocycles. The van der Waals surface area contributed by atoms with Gasteiger partial charge in [-0.1, -0.05) is 6.07 Å². The number of amides is 1. The number of hydrogen-bond acceptors (Lipinski definition) is 4. The van der Waals surface area contributed by atoms with Gasteiger partial charge in [0, 0.05) is 37.0 Å². The lowest BCUT2D eigenvalue weighted by Gasteiger charge is -2.16. The predicted octanol–water partition coefficient (Wildman–Crippen LogP) is 4.74. The molecule has 0 spiro atoms. The molecule has 0 unspecified atom stereocenters. The van der Waals surface area contributed by atoms with E-state index in [0.717, 1.165) is 34.0 Å². The minimum Gasteiger partial charge on any atom is -0.489 e. The van der Waals surface area contributed by atoms with Crippen molar-refractivity contribution < 1.29 is 9.53 Å². The third-order valence-electron chi connectivity index (χ3n) is 4.72. The maximum Gasteiger partial charge on any atom is 0.263 e. The molecule has 0 saturated carbocycles. The molecule has 0 fully saturated rings. The Morgan fingerprint density at radius 3 is 2.54 bits per heavy atom. The van der Waals surface area contributed by atoms with Gasteiger partial charge < -0.3 is 9.64 Å². The summed E-state index contributed by atoms with van der Waals surface area (Å²) in [6.07, 6.45) is 1.85. The molecule has 148 valence electrons. The molecule has 5 nitrogen and oxygen atoms in total. The molecule has 0 N–H and O–H groups in total. The highest BCUT2D eigenvalue weighted by Gasteiger charge is 2.17. The van der Waals surface area contributed by atoms with Crippen LogP contribution in [0.5, 0.6) is 5.75 Å². The molecule has 1 aromatic carbocycles. The first-order valence-electron chi connectivity index (χ1n) is 9.42. The van der Waals surface area contributed by atoms with Crippen LogP contribution in [0.2, 0.25) is 0 Å². The summed E-state index contributed by atoms with van der Waals surface area (Å²) in [5, 5.41) is 6.34. The Labute approximate surface area is 170 Å². The molecule has 2 aromatic heterocycles. The van der Waals surface area contributed by atoms with E-state index in [1.54, 1.807) is 4.90 Å². The first kappa shape index (κ1) is 20.1. The van der Waals surface area contributed by atoms with E-state index in [-0.39, 0.29) is 5.91 Å². The third-order valence-corrected chi connectivity index (χ3v) is 5.69. The van der Waals surface area contributed by atoms with Crippen LogP contribution in [-0.2, 0) is 19.7 Å². The fraction of sp³-hybridized carbons (Fsp3) is 0.364. The van der Waals surface area contributed by atoms with Gasteiger partial charge >= 0.3 is 0 Å². The maximum absolute atomic E-state index is 12.8. The number of carbonyl (C=O) groups is 1. The normalized spacial score (nSPS) is 10.9. The van der Waals surface area contributed by atoms with Crippen molar-refractivity contribution in [1.82, 2.24) is 14.7 Å². The maximum atomic E-state index is 12.8. The van der Waals surface area contributed by atoms with Crippen LogP contribution in [0.1, 0.15) is 44.5 Å². The van der Waals surface area contributed by atoms with Crippen molar-refractivity contribution in [3.05, 3.63) is 68.7 Å². The molecule has 0 atom stereocenters. The van der Waals surface area contributed by atoms with Gasteiger partial charge in [0.1, 0.15) is 12.4 Å². The van der Waals surface area contributed by atoms with Gasteiger partial charge in [-0.15, -0.1) is 11.3 Å². The molecular weight excluding hydrogens is 370 g/mol. The Morgan fingerprint density at radius 1 is 1.18 bits per heavy atom. The lowest BCUT2D eigenvalue weighted by atomic mass is 10.1. The molecule has 0 aliphatic carbocycles. The molecule has 1 amide bonds. The number of ether oxygens (including phenoxy) is 1. The lowest BCUT2D eigenvalue weighted by molar-refractivity contribution is 0.0789. The van der Waals surface area contributed by atoms with Crippen LogP contribution in [-0.4, -0.2) is 27.6 Å². The fourth-order valence-electron chi connectivity index (χ4n) is 3.22. The number of thiophene rings is 1. The topological polar surface area (TPSA) is 47.4 Å². The molecule has 0 radical (unpaired) electrons. The van der Waals surface area contributed by atoms with Crippen molar-refractivity contribution in [1.29, 1.82) is 0 Å². The standard InChI is InChI=1S/C22H27N3O2S/c1-6-25-17(4)19(11-23-25)12-24(5)22(26)21-10-18(14-28-21)13-27-20-8-15(2)7-16(3)9-20/h7-11,14H,6,12-13H2,1-5H3. The van der Waals surface area contributed by atoms with Crippen molar-refractivity contribution in [2.45, 2.75) is 47.4 Å². The van der Waals surface area contributed by atoms with Crippen LogP contribution in [0.25, 0.3) is 0 Å². The minimum atomic E-state index is 0.0197. The number of aromatic nitrogens is 2. The molecule has 0 bridgehead atoms. The Kier molecular flexibility index (Phi) is 6.19. The largest absolute Gasteiger partial charge is 0.489 e. The molecule has 6 heteroatoms. The summed E-state index contributed by atoms with van der Waals surface area (Å²) in [5.41, 5.74) is 5.55. The van der Waals surface area contributed by atoms with Gasteiger partial charge in [0.15, 0.2) is 0 Å². The summed E-state index contributed by atoms with van der Waals surface area (Å²) in [6, 6.07) is 8.10. The number of nitrogens with zero attached hydrogens (tertiary/aromatic N) is 3. The van der Waals surface area contributed by atoms with E-state index >= 15 is 0 Å². The summed E-state index contributed by atoms with van der Waals surface area (Å²) in [6.45, 7) is 10.1. The number of benzene rings is 1. The monoisotopic (exact) mass is 397 g/mol.